The lowest BCUT2D eigenvalue weighted by molar-refractivity contribution is -0.125. The van der Waals surface area contributed by atoms with Crippen LogP contribution in [-0.4, -0.2) is 35.6 Å². The number of carbonyl (C=O) groups excluding carboxylic acids is 1. The van der Waals surface area contributed by atoms with Crippen molar-refractivity contribution in [2.45, 2.75) is 40.2 Å². The monoisotopic (exact) mass is 408 g/mol. The van der Waals surface area contributed by atoms with Crippen molar-refractivity contribution in [2.24, 2.45) is 5.92 Å². The van der Waals surface area contributed by atoms with Crippen LogP contribution in [0.3, 0.4) is 0 Å². The van der Waals surface area contributed by atoms with Crippen molar-refractivity contribution >= 4 is 22.8 Å². The molecular weight excluding hydrogens is 380 g/mol. The molecule has 1 aromatic carbocycles. The molecule has 158 valence electrons. The zero-order chi connectivity index (χ0) is 21.1. The van der Waals surface area contributed by atoms with E-state index in [9.17, 15) is 4.79 Å². The number of piperidine rings is 1. The number of anilines is 1. The predicted molar refractivity (Wildman–Crippen MR) is 116 cm³/mol. The van der Waals surface area contributed by atoms with Gasteiger partial charge < -0.3 is 19.4 Å². The molecule has 0 atom stereocenters. The third kappa shape index (κ3) is 4.10. The molecule has 1 fully saturated rings. The molecule has 1 saturated heterocycles. The number of hydrogen-bond donors (Lipinski definition) is 1. The summed E-state index contributed by atoms with van der Waals surface area (Å²) in [6.07, 6.45) is 3.16. The molecule has 7 nitrogen and oxygen atoms in total. The average Bonchev–Trinajstić information content (AvgIpc) is 3.07. The van der Waals surface area contributed by atoms with Gasteiger partial charge in [-0.3, -0.25) is 4.79 Å². The van der Waals surface area contributed by atoms with Crippen LogP contribution in [0.5, 0.6) is 5.75 Å². The summed E-state index contributed by atoms with van der Waals surface area (Å²) in [6.45, 7) is 8.70. The Hall–Kier alpha value is -3.09. The molecule has 4 rings (SSSR count). The first kappa shape index (κ1) is 20.2. The van der Waals surface area contributed by atoms with E-state index < -0.39 is 0 Å². The van der Waals surface area contributed by atoms with E-state index >= 15 is 0 Å². The van der Waals surface area contributed by atoms with Crippen LogP contribution in [0.2, 0.25) is 0 Å². The zero-order valence-electron chi connectivity index (χ0n) is 17.8. The minimum absolute atomic E-state index is 0.0217. The number of ether oxygens (including phenoxy) is 1. The number of carbonyl (C=O) groups is 1. The molecule has 0 radical (unpaired) electrons. The topological polar surface area (TPSA) is 80.5 Å². The van der Waals surface area contributed by atoms with Gasteiger partial charge >= 0.3 is 0 Å². The molecule has 0 aliphatic carbocycles. The summed E-state index contributed by atoms with van der Waals surface area (Å²) >= 11 is 0. The van der Waals surface area contributed by atoms with Crippen molar-refractivity contribution in [3.8, 4) is 5.75 Å². The van der Waals surface area contributed by atoms with Crippen LogP contribution >= 0.6 is 0 Å². The van der Waals surface area contributed by atoms with Gasteiger partial charge in [0.2, 0.25) is 11.6 Å². The molecule has 1 aliphatic rings. The maximum atomic E-state index is 12.7. The van der Waals surface area contributed by atoms with Crippen molar-refractivity contribution < 1.29 is 13.9 Å². The van der Waals surface area contributed by atoms with Crippen molar-refractivity contribution in [1.82, 2.24) is 15.3 Å². The van der Waals surface area contributed by atoms with E-state index in [-0.39, 0.29) is 11.8 Å². The minimum Gasteiger partial charge on any atom is -0.494 e. The second-order valence-corrected chi connectivity index (χ2v) is 7.72. The van der Waals surface area contributed by atoms with E-state index in [1.807, 2.05) is 45.0 Å². The molecule has 30 heavy (non-hydrogen) atoms. The normalized spacial score (nSPS) is 14.8. The molecule has 3 heterocycles. The standard InChI is InChI=1S/C23H28N4O3/c1-4-29-19-7-5-17(6-8-19)13-24-22(28)18-9-11-27(12-10-18)21-20-15(2)16(3)30-23(20)26-14-25-21/h5-8,14,18H,4,9-13H2,1-3H3,(H,24,28). The lowest BCUT2D eigenvalue weighted by Gasteiger charge is -2.32. The summed E-state index contributed by atoms with van der Waals surface area (Å²) in [5.74, 6) is 2.76. The van der Waals surface area contributed by atoms with Crippen LogP contribution < -0.4 is 15.0 Å². The Balaban J connectivity index is 1.34. The summed E-state index contributed by atoms with van der Waals surface area (Å²) in [4.78, 5) is 23.7. The average molecular weight is 409 g/mol. The van der Waals surface area contributed by atoms with E-state index in [2.05, 4.69) is 20.2 Å². The number of nitrogens with one attached hydrogen (secondary N) is 1. The van der Waals surface area contributed by atoms with Crippen LogP contribution in [0.4, 0.5) is 5.82 Å². The van der Waals surface area contributed by atoms with Crippen LogP contribution in [-0.2, 0) is 11.3 Å². The molecule has 0 saturated carbocycles. The number of hydrogen-bond acceptors (Lipinski definition) is 6. The first-order valence-corrected chi connectivity index (χ1v) is 10.5. The summed E-state index contributed by atoms with van der Waals surface area (Å²) in [5, 5.41) is 4.06. The number of furan rings is 1. The Morgan fingerprint density at radius 3 is 2.63 bits per heavy atom. The van der Waals surface area contributed by atoms with Crippen molar-refractivity contribution in [3.05, 3.63) is 47.5 Å². The van der Waals surface area contributed by atoms with E-state index in [1.165, 1.54) is 0 Å². The van der Waals surface area contributed by atoms with Crippen LogP contribution in [0.15, 0.2) is 35.0 Å². The second kappa shape index (κ2) is 8.73. The second-order valence-electron chi connectivity index (χ2n) is 7.72. The van der Waals surface area contributed by atoms with Gasteiger partial charge in [-0.25, -0.2) is 9.97 Å². The quantitative estimate of drug-likeness (QED) is 0.669. The smallest absolute Gasteiger partial charge is 0.231 e. The van der Waals surface area contributed by atoms with Gasteiger partial charge in [0.05, 0.1) is 12.0 Å². The van der Waals surface area contributed by atoms with Crippen LogP contribution in [0, 0.1) is 19.8 Å². The largest absolute Gasteiger partial charge is 0.494 e. The lowest BCUT2D eigenvalue weighted by Crippen LogP contribution is -2.40. The fraction of sp³-hybridized carbons (Fsp3) is 0.435. The molecular formula is C23H28N4O3. The SMILES string of the molecule is CCOc1ccc(CNC(=O)C2CCN(c3ncnc4oc(C)c(C)c34)CC2)cc1. The Morgan fingerprint density at radius 2 is 1.93 bits per heavy atom. The summed E-state index contributed by atoms with van der Waals surface area (Å²) in [6, 6.07) is 7.85. The maximum absolute atomic E-state index is 12.7. The van der Waals surface area contributed by atoms with Crippen molar-refractivity contribution in [1.29, 1.82) is 0 Å². The minimum atomic E-state index is 0.0217. The number of benzene rings is 1. The zero-order valence-corrected chi connectivity index (χ0v) is 17.8. The highest BCUT2D eigenvalue weighted by molar-refractivity contribution is 5.90. The van der Waals surface area contributed by atoms with E-state index in [0.717, 1.165) is 59.8 Å². The number of aryl methyl sites for hydroxylation is 2. The van der Waals surface area contributed by atoms with Gasteiger partial charge in [-0.15, -0.1) is 0 Å². The Morgan fingerprint density at radius 1 is 1.20 bits per heavy atom. The van der Waals surface area contributed by atoms with Gasteiger partial charge in [0, 0.05) is 31.1 Å². The van der Waals surface area contributed by atoms with Gasteiger partial charge in [0.15, 0.2) is 0 Å². The third-order valence-electron chi connectivity index (χ3n) is 5.81. The number of amides is 1. The van der Waals surface area contributed by atoms with Crippen molar-refractivity contribution in [3.63, 3.8) is 0 Å². The molecule has 1 aliphatic heterocycles. The first-order chi connectivity index (χ1) is 14.6. The van der Waals surface area contributed by atoms with Crippen LogP contribution in [0.1, 0.15) is 36.7 Å². The molecule has 3 aromatic rings. The molecule has 1 amide bonds. The Labute approximate surface area is 176 Å². The molecule has 0 unspecified atom stereocenters. The van der Waals surface area contributed by atoms with Gasteiger partial charge in [0.1, 0.15) is 23.7 Å². The molecule has 0 spiro atoms. The summed E-state index contributed by atoms with van der Waals surface area (Å²) < 4.78 is 11.2. The number of fused-ring (bicyclic) bond motifs is 1. The van der Waals surface area contributed by atoms with E-state index in [0.29, 0.717) is 18.9 Å². The number of rotatable bonds is 6. The van der Waals surface area contributed by atoms with Gasteiger partial charge in [0.25, 0.3) is 0 Å². The highest BCUT2D eigenvalue weighted by Gasteiger charge is 2.27. The maximum Gasteiger partial charge on any atom is 0.231 e. The Bertz CT molecular complexity index is 1020. The van der Waals surface area contributed by atoms with Gasteiger partial charge in [-0.1, -0.05) is 12.1 Å². The van der Waals surface area contributed by atoms with Gasteiger partial charge in [-0.05, 0) is 51.3 Å². The molecule has 1 N–H and O–H groups in total. The van der Waals surface area contributed by atoms with Crippen LogP contribution in [0.25, 0.3) is 11.1 Å². The molecule has 2 aromatic heterocycles. The van der Waals surface area contributed by atoms with E-state index in [1.54, 1.807) is 6.33 Å². The third-order valence-corrected chi connectivity index (χ3v) is 5.81. The Kier molecular flexibility index (Phi) is 5.88. The molecule has 0 bridgehead atoms. The summed E-state index contributed by atoms with van der Waals surface area (Å²) in [5.41, 5.74) is 2.78. The van der Waals surface area contributed by atoms with Gasteiger partial charge in [-0.2, -0.15) is 0 Å². The fourth-order valence-electron chi connectivity index (χ4n) is 3.96. The highest BCUT2D eigenvalue weighted by Crippen LogP contribution is 2.32. The summed E-state index contributed by atoms with van der Waals surface area (Å²) in [7, 11) is 0. The van der Waals surface area contributed by atoms with Crippen molar-refractivity contribution in [2.75, 3.05) is 24.6 Å². The number of nitrogens with zero attached hydrogens (tertiary/aromatic N) is 3. The lowest BCUT2D eigenvalue weighted by atomic mass is 9.95. The first-order valence-electron chi connectivity index (χ1n) is 10.5. The highest BCUT2D eigenvalue weighted by atomic mass is 16.5. The predicted octanol–water partition coefficient (Wildman–Crippen LogP) is 3.77. The fourth-order valence-corrected chi connectivity index (χ4v) is 3.96. The number of aromatic nitrogens is 2. The van der Waals surface area contributed by atoms with E-state index in [4.69, 9.17) is 9.15 Å². The molecule has 7 heteroatoms.